The Labute approximate surface area is 180 Å². The van der Waals surface area contributed by atoms with Crippen LogP contribution in [0, 0.1) is 34.5 Å². The van der Waals surface area contributed by atoms with Crippen LogP contribution < -0.4 is 5.32 Å². The lowest BCUT2D eigenvalue weighted by molar-refractivity contribution is -0.189. The van der Waals surface area contributed by atoms with E-state index in [1.807, 2.05) is 14.0 Å². The summed E-state index contributed by atoms with van der Waals surface area (Å²) in [7, 11) is 3.29. The van der Waals surface area contributed by atoms with Gasteiger partial charge in [-0.15, -0.1) is 0 Å². The summed E-state index contributed by atoms with van der Waals surface area (Å²) >= 11 is 0. The fourth-order valence-corrected chi connectivity index (χ4v) is 7.12. The fraction of sp³-hybridized carbons (Fsp3) is 0.833. The molecule has 3 aliphatic rings. The molecule has 6 heteroatoms. The van der Waals surface area contributed by atoms with Crippen molar-refractivity contribution >= 4 is 11.9 Å². The van der Waals surface area contributed by atoms with Crippen LogP contribution in [0.15, 0.2) is 11.6 Å². The van der Waals surface area contributed by atoms with Crippen molar-refractivity contribution in [1.29, 1.82) is 0 Å². The molecule has 0 aromatic carbocycles. The highest BCUT2D eigenvalue weighted by molar-refractivity contribution is 5.83. The van der Waals surface area contributed by atoms with E-state index in [1.54, 1.807) is 6.08 Å². The Morgan fingerprint density at radius 1 is 1.30 bits per heavy atom. The van der Waals surface area contributed by atoms with Crippen molar-refractivity contribution in [3.8, 4) is 0 Å². The molecule has 0 bridgehead atoms. The van der Waals surface area contributed by atoms with Crippen LogP contribution in [-0.2, 0) is 19.1 Å². The number of nitrogens with one attached hydrogen (secondary N) is 1. The highest BCUT2D eigenvalue weighted by Crippen LogP contribution is 2.65. The van der Waals surface area contributed by atoms with Gasteiger partial charge in [-0.05, 0) is 75.2 Å². The number of carbonyl (C=O) groups excluding carboxylic acids is 2. The van der Waals surface area contributed by atoms with Gasteiger partial charge in [0.1, 0.15) is 6.61 Å². The second-order valence-electron chi connectivity index (χ2n) is 10.1. The van der Waals surface area contributed by atoms with Crippen LogP contribution in [0.1, 0.15) is 59.3 Å². The summed E-state index contributed by atoms with van der Waals surface area (Å²) in [6, 6.07) is 0. The van der Waals surface area contributed by atoms with E-state index in [4.69, 9.17) is 9.47 Å². The Bertz CT molecular complexity index is 691. The molecule has 2 N–H and O–H groups in total. The van der Waals surface area contributed by atoms with E-state index in [0.717, 1.165) is 37.7 Å². The molecule has 3 aliphatic carbocycles. The van der Waals surface area contributed by atoms with Gasteiger partial charge in [0.25, 0.3) is 0 Å². The fourth-order valence-electron chi connectivity index (χ4n) is 7.12. The molecule has 3 fully saturated rings. The number of fused-ring (bicyclic) bond motifs is 3. The number of aliphatic hydroxyl groups excluding tert-OH is 1. The number of ether oxygens (including phenoxy) is 2. The minimum atomic E-state index is -0.538. The Kier molecular flexibility index (Phi) is 6.97. The van der Waals surface area contributed by atoms with Crippen molar-refractivity contribution in [3.05, 3.63) is 11.6 Å². The number of rotatable bonds is 5. The van der Waals surface area contributed by atoms with Gasteiger partial charge in [-0.3, -0.25) is 4.79 Å². The maximum absolute atomic E-state index is 12.7. The van der Waals surface area contributed by atoms with E-state index in [0.29, 0.717) is 25.5 Å². The van der Waals surface area contributed by atoms with E-state index in [1.165, 1.54) is 7.11 Å². The SMILES string of the molecule is CNCCOC(=O)C=C1CCC2C(C(O)CC3C(C)(C(=O)OC)CCCC23C)C1C. The van der Waals surface area contributed by atoms with Crippen LogP contribution in [-0.4, -0.2) is 50.5 Å². The molecule has 3 saturated carbocycles. The van der Waals surface area contributed by atoms with Crippen LogP contribution in [0.2, 0.25) is 0 Å². The second-order valence-corrected chi connectivity index (χ2v) is 10.1. The van der Waals surface area contributed by atoms with E-state index in [9.17, 15) is 14.7 Å². The van der Waals surface area contributed by atoms with Gasteiger partial charge in [0.2, 0.25) is 0 Å². The lowest BCUT2D eigenvalue weighted by Gasteiger charge is -2.62. The maximum Gasteiger partial charge on any atom is 0.330 e. The number of hydrogen-bond donors (Lipinski definition) is 2. The third kappa shape index (κ3) is 3.93. The molecule has 170 valence electrons. The molecular weight excluding hydrogens is 382 g/mol. The molecule has 0 radical (unpaired) electrons. The number of likely N-dealkylation sites (N-methyl/N-ethyl adjacent to an activating group) is 1. The zero-order valence-corrected chi connectivity index (χ0v) is 19.2. The predicted octanol–water partition coefficient (Wildman–Crippen LogP) is 3.09. The second kappa shape index (κ2) is 8.99. The molecule has 7 unspecified atom stereocenters. The molecule has 0 saturated heterocycles. The van der Waals surface area contributed by atoms with Crippen molar-refractivity contribution < 1.29 is 24.2 Å². The number of allylic oxidation sites excluding steroid dienone is 1. The van der Waals surface area contributed by atoms with Gasteiger partial charge in [0.05, 0.1) is 18.6 Å². The summed E-state index contributed by atoms with van der Waals surface area (Å²) in [5.41, 5.74) is 0.542. The van der Waals surface area contributed by atoms with E-state index in [-0.39, 0.29) is 35.1 Å². The first-order chi connectivity index (χ1) is 14.2. The summed E-state index contributed by atoms with van der Waals surface area (Å²) in [6.07, 6.45) is 6.48. The number of esters is 2. The van der Waals surface area contributed by atoms with E-state index < -0.39 is 11.5 Å². The number of hydrogen-bond acceptors (Lipinski definition) is 6. The topological polar surface area (TPSA) is 84.9 Å². The Hall–Kier alpha value is -1.40. The summed E-state index contributed by atoms with van der Waals surface area (Å²) in [5.74, 6) is 0.249. The van der Waals surface area contributed by atoms with Crippen molar-refractivity contribution in [2.24, 2.45) is 34.5 Å². The summed E-state index contributed by atoms with van der Waals surface area (Å²) < 4.78 is 10.5. The number of methoxy groups -OCH3 is 1. The van der Waals surface area contributed by atoms with Crippen molar-refractivity contribution in [3.63, 3.8) is 0 Å². The Morgan fingerprint density at radius 2 is 2.03 bits per heavy atom. The van der Waals surface area contributed by atoms with Gasteiger partial charge in [-0.25, -0.2) is 4.79 Å². The van der Waals surface area contributed by atoms with Crippen molar-refractivity contribution in [1.82, 2.24) is 5.32 Å². The van der Waals surface area contributed by atoms with Crippen molar-refractivity contribution in [2.45, 2.75) is 65.4 Å². The summed E-state index contributed by atoms with van der Waals surface area (Å²) in [5, 5.41) is 14.2. The van der Waals surface area contributed by atoms with E-state index in [2.05, 4.69) is 19.2 Å². The van der Waals surface area contributed by atoms with Crippen LogP contribution in [0.4, 0.5) is 0 Å². The highest BCUT2D eigenvalue weighted by atomic mass is 16.5. The smallest absolute Gasteiger partial charge is 0.330 e. The largest absolute Gasteiger partial charge is 0.469 e. The van der Waals surface area contributed by atoms with Gasteiger partial charge in [0, 0.05) is 12.6 Å². The van der Waals surface area contributed by atoms with Crippen LogP contribution in [0.3, 0.4) is 0 Å². The number of carbonyl (C=O) groups is 2. The average molecular weight is 422 g/mol. The van der Waals surface area contributed by atoms with Gasteiger partial charge in [-0.2, -0.15) is 0 Å². The lowest BCUT2D eigenvalue weighted by atomic mass is 9.42. The first-order valence-corrected chi connectivity index (χ1v) is 11.5. The maximum atomic E-state index is 12.7. The van der Waals surface area contributed by atoms with Gasteiger partial charge >= 0.3 is 11.9 Å². The molecule has 30 heavy (non-hydrogen) atoms. The number of aliphatic hydroxyl groups is 1. The zero-order valence-electron chi connectivity index (χ0n) is 19.2. The summed E-state index contributed by atoms with van der Waals surface area (Å²) in [6.45, 7) is 7.49. The first kappa shape index (κ1) is 23.3. The van der Waals surface area contributed by atoms with Gasteiger partial charge in [0.15, 0.2) is 0 Å². The van der Waals surface area contributed by atoms with Crippen LogP contribution in [0.5, 0.6) is 0 Å². The van der Waals surface area contributed by atoms with Gasteiger partial charge in [-0.1, -0.05) is 25.8 Å². The Morgan fingerprint density at radius 3 is 2.70 bits per heavy atom. The molecule has 0 heterocycles. The Balaban J connectivity index is 1.83. The van der Waals surface area contributed by atoms with Crippen LogP contribution >= 0.6 is 0 Å². The monoisotopic (exact) mass is 421 g/mol. The molecule has 0 spiro atoms. The third-order valence-electron chi connectivity index (χ3n) is 8.67. The predicted molar refractivity (Wildman–Crippen MR) is 115 cm³/mol. The lowest BCUT2D eigenvalue weighted by Crippen LogP contribution is -2.60. The van der Waals surface area contributed by atoms with Gasteiger partial charge < -0.3 is 19.9 Å². The summed E-state index contributed by atoms with van der Waals surface area (Å²) in [4.78, 5) is 24.9. The normalized spacial score (nSPS) is 42.2. The molecule has 7 atom stereocenters. The molecule has 0 aromatic rings. The molecule has 6 nitrogen and oxygen atoms in total. The zero-order chi connectivity index (χ0) is 22.1. The molecule has 3 rings (SSSR count). The standard InChI is InChI=1S/C24H39NO5/c1-15-16(13-20(27)30-12-11-25-4)7-8-17-21(15)18(26)14-19-23(17,2)9-6-10-24(19,3)22(28)29-5/h13,15,17-19,21,25-26H,6-12,14H2,1-5H3. The third-order valence-corrected chi connectivity index (χ3v) is 8.67. The molecule has 0 aliphatic heterocycles. The quantitative estimate of drug-likeness (QED) is 0.403. The minimum Gasteiger partial charge on any atom is -0.469 e. The first-order valence-electron chi connectivity index (χ1n) is 11.5. The molecular formula is C24H39NO5. The molecule has 0 aromatic heterocycles. The van der Waals surface area contributed by atoms with E-state index >= 15 is 0 Å². The van der Waals surface area contributed by atoms with Crippen molar-refractivity contribution in [2.75, 3.05) is 27.3 Å². The average Bonchev–Trinajstić information content (AvgIpc) is 2.71. The minimum absolute atomic E-state index is 0.00180. The van der Waals surface area contributed by atoms with Crippen LogP contribution in [0.25, 0.3) is 0 Å². The highest BCUT2D eigenvalue weighted by Gasteiger charge is 2.62. The molecule has 0 amide bonds.